The standard InChI is InChI=1S/C9H20N2O2/c1-4-5-10-7-9(12)11-6-8(2)13-3/h8,10H,4-7H2,1-3H3,(H,11,12). The van der Waals surface area contributed by atoms with E-state index in [0.29, 0.717) is 13.1 Å². The summed E-state index contributed by atoms with van der Waals surface area (Å²) >= 11 is 0. The van der Waals surface area contributed by atoms with Crippen molar-refractivity contribution in [3.8, 4) is 0 Å². The summed E-state index contributed by atoms with van der Waals surface area (Å²) in [5.74, 6) is 0.0253. The van der Waals surface area contributed by atoms with Gasteiger partial charge in [0.05, 0.1) is 12.6 Å². The van der Waals surface area contributed by atoms with E-state index in [-0.39, 0.29) is 12.0 Å². The first-order valence-corrected chi connectivity index (χ1v) is 4.70. The number of methoxy groups -OCH3 is 1. The van der Waals surface area contributed by atoms with Gasteiger partial charge in [0.15, 0.2) is 0 Å². The highest BCUT2D eigenvalue weighted by atomic mass is 16.5. The van der Waals surface area contributed by atoms with Crippen molar-refractivity contribution in [2.24, 2.45) is 0 Å². The molecule has 0 fully saturated rings. The Morgan fingerprint density at radius 1 is 1.54 bits per heavy atom. The summed E-state index contributed by atoms with van der Waals surface area (Å²) in [6, 6.07) is 0. The van der Waals surface area contributed by atoms with Gasteiger partial charge in [-0.25, -0.2) is 0 Å². The first kappa shape index (κ1) is 12.4. The number of rotatable bonds is 7. The van der Waals surface area contributed by atoms with Crippen LogP contribution in [-0.4, -0.2) is 38.8 Å². The average Bonchev–Trinajstić information content (AvgIpc) is 2.14. The van der Waals surface area contributed by atoms with Crippen LogP contribution in [0, 0.1) is 0 Å². The summed E-state index contributed by atoms with van der Waals surface area (Å²) in [4.78, 5) is 11.1. The van der Waals surface area contributed by atoms with Crippen molar-refractivity contribution in [2.45, 2.75) is 26.4 Å². The summed E-state index contributed by atoms with van der Waals surface area (Å²) in [7, 11) is 1.63. The fraction of sp³-hybridized carbons (Fsp3) is 0.889. The number of hydrogen-bond acceptors (Lipinski definition) is 3. The predicted molar refractivity (Wildman–Crippen MR) is 52.6 cm³/mol. The van der Waals surface area contributed by atoms with Gasteiger partial charge in [-0.3, -0.25) is 4.79 Å². The maximum atomic E-state index is 11.1. The van der Waals surface area contributed by atoms with E-state index in [4.69, 9.17) is 4.74 Å². The van der Waals surface area contributed by atoms with E-state index >= 15 is 0 Å². The maximum Gasteiger partial charge on any atom is 0.234 e. The lowest BCUT2D eigenvalue weighted by Gasteiger charge is -2.10. The lowest BCUT2D eigenvalue weighted by Crippen LogP contribution is -2.38. The van der Waals surface area contributed by atoms with Crippen molar-refractivity contribution >= 4 is 5.91 Å². The molecule has 0 aliphatic carbocycles. The number of carbonyl (C=O) groups is 1. The minimum atomic E-state index is 0.0253. The maximum absolute atomic E-state index is 11.1. The molecular formula is C9H20N2O2. The molecule has 13 heavy (non-hydrogen) atoms. The van der Waals surface area contributed by atoms with Crippen LogP contribution in [-0.2, 0) is 9.53 Å². The molecule has 4 heteroatoms. The third-order valence-electron chi connectivity index (χ3n) is 1.70. The second kappa shape index (κ2) is 8.01. The number of hydrogen-bond donors (Lipinski definition) is 2. The summed E-state index contributed by atoms with van der Waals surface area (Å²) < 4.78 is 4.99. The summed E-state index contributed by atoms with van der Waals surface area (Å²) in [6.45, 7) is 5.83. The first-order valence-electron chi connectivity index (χ1n) is 4.70. The third-order valence-corrected chi connectivity index (χ3v) is 1.70. The topological polar surface area (TPSA) is 50.4 Å². The molecule has 78 valence electrons. The molecule has 0 aromatic rings. The van der Waals surface area contributed by atoms with Gasteiger partial charge in [0.1, 0.15) is 0 Å². The highest BCUT2D eigenvalue weighted by Crippen LogP contribution is 1.82. The third kappa shape index (κ3) is 7.74. The normalized spacial score (nSPS) is 12.5. The van der Waals surface area contributed by atoms with Crippen LogP contribution in [0.1, 0.15) is 20.3 Å². The highest BCUT2D eigenvalue weighted by molar-refractivity contribution is 5.77. The molecule has 0 saturated carbocycles. The molecule has 0 aromatic heterocycles. The number of carbonyl (C=O) groups excluding carboxylic acids is 1. The molecule has 0 heterocycles. The molecule has 0 rings (SSSR count). The van der Waals surface area contributed by atoms with Crippen LogP contribution in [0.2, 0.25) is 0 Å². The van der Waals surface area contributed by atoms with Crippen molar-refractivity contribution in [3.05, 3.63) is 0 Å². The van der Waals surface area contributed by atoms with E-state index < -0.39 is 0 Å². The Bertz CT molecular complexity index is 140. The molecule has 0 radical (unpaired) electrons. The van der Waals surface area contributed by atoms with Crippen LogP contribution >= 0.6 is 0 Å². The van der Waals surface area contributed by atoms with Crippen molar-refractivity contribution in [1.29, 1.82) is 0 Å². The molecule has 1 amide bonds. The summed E-state index contributed by atoms with van der Waals surface area (Å²) in [5.41, 5.74) is 0. The van der Waals surface area contributed by atoms with E-state index in [1.165, 1.54) is 0 Å². The molecule has 2 N–H and O–H groups in total. The van der Waals surface area contributed by atoms with Gasteiger partial charge in [0.2, 0.25) is 5.91 Å². The number of ether oxygens (including phenoxy) is 1. The fourth-order valence-electron chi connectivity index (χ4n) is 0.782. The summed E-state index contributed by atoms with van der Waals surface area (Å²) in [6.07, 6.45) is 1.12. The monoisotopic (exact) mass is 188 g/mol. The molecule has 0 aliphatic rings. The minimum Gasteiger partial charge on any atom is -0.380 e. The van der Waals surface area contributed by atoms with Crippen LogP contribution in [0.4, 0.5) is 0 Å². The Hall–Kier alpha value is -0.610. The van der Waals surface area contributed by atoms with E-state index in [9.17, 15) is 4.79 Å². The lowest BCUT2D eigenvalue weighted by atomic mass is 10.4. The fourth-order valence-corrected chi connectivity index (χ4v) is 0.782. The Labute approximate surface area is 80.0 Å². The molecule has 0 spiro atoms. The molecule has 0 aromatic carbocycles. The highest BCUT2D eigenvalue weighted by Gasteiger charge is 2.02. The molecule has 0 bridgehead atoms. The van der Waals surface area contributed by atoms with E-state index in [1.807, 2.05) is 6.92 Å². The van der Waals surface area contributed by atoms with E-state index in [2.05, 4.69) is 17.6 Å². The molecule has 1 atom stereocenters. The van der Waals surface area contributed by atoms with E-state index in [0.717, 1.165) is 13.0 Å². The van der Waals surface area contributed by atoms with Gasteiger partial charge in [0.25, 0.3) is 0 Å². The Balaban J connectivity index is 3.30. The predicted octanol–water partition coefficient (Wildman–Crippen LogP) is 0.137. The van der Waals surface area contributed by atoms with Crippen molar-refractivity contribution in [2.75, 3.05) is 26.7 Å². The van der Waals surface area contributed by atoms with Gasteiger partial charge in [0, 0.05) is 13.7 Å². The minimum absolute atomic E-state index is 0.0253. The molecule has 4 nitrogen and oxygen atoms in total. The average molecular weight is 188 g/mol. The Kier molecular flexibility index (Phi) is 7.63. The molecule has 0 aliphatic heterocycles. The van der Waals surface area contributed by atoms with Crippen LogP contribution in [0.25, 0.3) is 0 Å². The van der Waals surface area contributed by atoms with Gasteiger partial charge in [-0.1, -0.05) is 6.92 Å². The largest absolute Gasteiger partial charge is 0.380 e. The number of nitrogens with one attached hydrogen (secondary N) is 2. The zero-order valence-electron chi connectivity index (χ0n) is 8.72. The van der Waals surface area contributed by atoms with Crippen LogP contribution in [0.15, 0.2) is 0 Å². The van der Waals surface area contributed by atoms with Gasteiger partial charge in [-0.2, -0.15) is 0 Å². The van der Waals surface area contributed by atoms with Crippen molar-refractivity contribution in [3.63, 3.8) is 0 Å². The quantitative estimate of drug-likeness (QED) is 0.559. The van der Waals surface area contributed by atoms with Crippen LogP contribution in [0.3, 0.4) is 0 Å². The smallest absolute Gasteiger partial charge is 0.234 e. The SMILES string of the molecule is CCCNCC(=O)NCC(C)OC. The lowest BCUT2D eigenvalue weighted by molar-refractivity contribution is -0.120. The van der Waals surface area contributed by atoms with Gasteiger partial charge < -0.3 is 15.4 Å². The van der Waals surface area contributed by atoms with Crippen molar-refractivity contribution in [1.82, 2.24) is 10.6 Å². The first-order chi connectivity index (χ1) is 6.20. The number of amides is 1. The van der Waals surface area contributed by atoms with Crippen molar-refractivity contribution < 1.29 is 9.53 Å². The zero-order valence-corrected chi connectivity index (χ0v) is 8.72. The molecule has 1 unspecified atom stereocenters. The van der Waals surface area contributed by atoms with Crippen LogP contribution < -0.4 is 10.6 Å². The van der Waals surface area contributed by atoms with Gasteiger partial charge >= 0.3 is 0 Å². The molecule has 0 saturated heterocycles. The van der Waals surface area contributed by atoms with E-state index in [1.54, 1.807) is 7.11 Å². The second-order valence-electron chi connectivity index (χ2n) is 3.03. The Morgan fingerprint density at radius 2 is 2.23 bits per heavy atom. The van der Waals surface area contributed by atoms with Gasteiger partial charge in [-0.05, 0) is 19.9 Å². The molecular weight excluding hydrogens is 168 g/mol. The Morgan fingerprint density at radius 3 is 2.77 bits per heavy atom. The van der Waals surface area contributed by atoms with Crippen LogP contribution in [0.5, 0.6) is 0 Å². The van der Waals surface area contributed by atoms with Gasteiger partial charge in [-0.15, -0.1) is 0 Å². The zero-order chi connectivity index (χ0) is 10.1. The summed E-state index contributed by atoms with van der Waals surface area (Å²) in [5, 5.41) is 5.79. The second-order valence-corrected chi connectivity index (χ2v) is 3.03.